The van der Waals surface area contributed by atoms with Gasteiger partial charge in [-0.15, -0.1) is 0 Å². The van der Waals surface area contributed by atoms with E-state index in [-0.39, 0.29) is 0 Å². The summed E-state index contributed by atoms with van der Waals surface area (Å²) in [4.78, 5) is 2.72. The number of likely N-dealkylation sites (tertiary alicyclic amines) is 1. The van der Waals surface area contributed by atoms with E-state index in [4.69, 9.17) is 4.74 Å². The Kier molecular flexibility index (Phi) is 6.10. The molecule has 0 spiro atoms. The lowest BCUT2D eigenvalue weighted by Crippen LogP contribution is -2.50. The van der Waals surface area contributed by atoms with E-state index in [2.05, 4.69) is 37.9 Å². The zero-order chi connectivity index (χ0) is 15.3. The van der Waals surface area contributed by atoms with E-state index >= 15 is 0 Å². The van der Waals surface area contributed by atoms with Gasteiger partial charge in [-0.25, -0.2) is 0 Å². The summed E-state index contributed by atoms with van der Waals surface area (Å²) >= 11 is 0. The topological polar surface area (TPSA) is 24.5 Å². The van der Waals surface area contributed by atoms with Crippen LogP contribution < -0.4 is 5.32 Å². The van der Waals surface area contributed by atoms with Crippen LogP contribution in [0.15, 0.2) is 0 Å². The molecule has 124 valence electrons. The molecular formula is C18H36N2O. The molecule has 0 saturated carbocycles. The van der Waals surface area contributed by atoms with Crippen molar-refractivity contribution < 1.29 is 4.74 Å². The van der Waals surface area contributed by atoms with Crippen molar-refractivity contribution in [1.82, 2.24) is 10.2 Å². The first-order valence-electron chi connectivity index (χ1n) is 8.92. The molecule has 0 bridgehead atoms. The normalized spacial score (nSPS) is 26.1. The molecule has 2 rings (SSSR count). The van der Waals surface area contributed by atoms with Crippen LogP contribution in [0.5, 0.6) is 0 Å². The fraction of sp³-hybridized carbons (Fsp3) is 1.00. The Morgan fingerprint density at radius 1 is 1.05 bits per heavy atom. The number of hydrogen-bond donors (Lipinski definition) is 1. The van der Waals surface area contributed by atoms with Crippen LogP contribution in [0.3, 0.4) is 0 Å². The van der Waals surface area contributed by atoms with E-state index in [0.29, 0.717) is 10.8 Å². The predicted molar refractivity (Wildman–Crippen MR) is 89.6 cm³/mol. The van der Waals surface area contributed by atoms with Crippen molar-refractivity contribution in [3.05, 3.63) is 0 Å². The molecule has 0 aliphatic carbocycles. The minimum absolute atomic E-state index is 0.439. The molecule has 2 aliphatic rings. The molecule has 1 N–H and O–H groups in total. The van der Waals surface area contributed by atoms with Crippen molar-refractivity contribution >= 4 is 0 Å². The highest BCUT2D eigenvalue weighted by Crippen LogP contribution is 2.35. The maximum absolute atomic E-state index is 5.63. The fourth-order valence-corrected chi connectivity index (χ4v) is 3.61. The Balaban J connectivity index is 1.87. The number of ether oxygens (including phenoxy) is 1. The summed E-state index contributed by atoms with van der Waals surface area (Å²) in [6.07, 6.45) is 5.13. The Morgan fingerprint density at radius 3 is 2.24 bits per heavy atom. The summed E-state index contributed by atoms with van der Waals surface area (Å²) in [5.41, 5.74) is 0.990. The van der Waals surface area contributed by atoms with Gasteiger partial charge < -0.3 is 15.0 Å². The van der Waals surface area contributed by atoms with Crippen LogP contribution in [-0.4, -0.2) is 50.8 Å². The summed E-state index contributed by atoms with van der Waals surface area (Å²) in [5, 5.41) is 3.72. The molecule has 2 aliphatic heterocycles. The Morgan fingerprint density at radius 2 is 1.67 bits per heavy atom. The number of nitrogens with one attached hydrogen (secondary N) is 1. The van der Waals surface area contributed by atoms with Crippen LogP contribution in [-0.2, 0) is 4.74 Å². The molecule has 3 heteroatoms. The van der Waals surface area contributed by atoms with Crippen LogP contribution in [0.25, 0.3) is 0 Å². The Bertz CT molecular complexity index is 298. The van der Waals surface area contributed by atoms with Gasteiger partial charge in [0, 0.05) is 26.3 Å². The summed E-state index contributed by atoms with van der Waals surface area (Å²) in [5.74, 6) is 0.734. The quantitative estimate of drug-likeness (QED) is 0.815. The molecule has 2 heterocycles. The molecule has 2 fully saturated rings. The van der Waals surface area contributed by atoms with Gasteiger partial charge in [0.2, 0.25) is 0 Å². The molecule has 0 aromatic heterocycles. The van der Waals surface area contributed by atoms with E-state index in [1.54, 1.807) is 0 Å². The predicted octanol–water partition coefficient (Wildman–Crippen LogP) is 3.15. The summed E-state index contributed by atoms with van der Waals surface area (Å²) < 4.78 is 5.63. The lowest BCUT2D eigenvalue weighted by Gasteiger charge is -2.45. The molecule has 0 atom stereocenters. The smallest absolute Gasteiger partial charge is 0.0472 e. The second-order valence-corrected chi connectivity index (χ2v) is 8.58. The first kappa shape index (κ1) is 17.2. The van der Waals surface area contributed by atoms with Gasteiger partial charge >= 0.3 is 0 Å². The molecule has 0 aromatic carbocycles. The van der Waals surface area contributed by atoms with Crippen LogP contribution in [0.2, 0.25) is 0 Å². The highest BCUT2D eigenvalue weighted by atomic mass is 16.5. The number of hydrogen-bond acceptors (Lipinski definition) is 3. The van der Waals surface area contributed by atoms with E-state index in [1.807, 2.05) is 0 Å². The van der Waals surface area contributed by atoms with E-state index in [1.165, 1.54) is 45.3 Å². The molecule has 3 nitrogen and oxygen atoms in total. The van der Waals surface area contributed by atoms with Gasteiger partial charge in [-0.2, -0.15) is 0 Å². The maximum Gasteiger partial charge on any atom is 0.0472 e. The number of piperidine rings is 1. The van der Waals surface area contributed by atoms with Crippen molar-refractivity contribution in [3.63, 3.8) is 0 Å². The standard InChI is InChI=1S/C18H36N2O/c1-16(2)13-19-14-18(7-11-21-12-8-18)15-20-9-5-17(3,4)6-10-20/h16,19H,5-15H2,1-4H3. The van der Waals surface area contributed by atoms with Gasteiger partial charge in [0.05, 0.1) is 0 Å². The SMILES string of the molecule is CC(C)CNCC1(CN2CCC(C)(C)CC2)CCOCC1. The molecule has 0 aromatic rings. The van der Waals surface area contributed by atoms with E-state index in [0.717, 1.165) is 32.2 Å². The van der Waals surface area contributed by atoms with Crippen molar-refractivity contribution in [2.45, 2.75) is 53.4 Å². The summed E-state index contributed by atoms with van der Waals surface area (Å²) in [6.45, 7) is 17.4. The van der Waals surface area contributed by atoms with Gasteiger partial charge in [-0.3, -0.25) is 0 Å². The highest BCUT2D eigenvalue weighted by molar-refractivity contribution is 4.89. The van der Waals surface area contributed by atoms with Crippen LogP contribution in [0.1, 0.15) is 53.4 Å². The zero-order valence-electron chi connectivity index (χ0n) is 14.7. The summed E-state index contributed by atoms with van der Waals surface area (Å²) in [7, 11) is 0. The lowest BCUT2D eigenvalue weighted by molar-refractivity contribution is -0.0136. The fourth-order valence-electron chi connectivity index (χ4n) is 3.61. The van der Waals surface area contributed by atoms with Gasteiger partial charge in [-0.1, -0.05) is 27.7 Å². The highest BCUT2D eigenvalue weighted by Gasteiger charge is 2.36. The molecule has 0 radical (unpaired) electrons. The summed E-state index contributed by atoms with van der Waals surface area (Å²) in [6, 6.07) is 0. The Labute approximate surface area is 131 Å². The van der Waals surface area contributed by atoms with Crippen molar-refractivity contribution in [3.8, 4) is 0 Å². The third-order valence-electron chi connectivity index (χ3n) is 5.37. The van der Waals surface area contributed by atoms with Crippen molar-refractivity contribution in [2.24, 2.45) is 16.7 Å². The van der Waals surface area contributed by atoms with Crippen LogP contribution in [0.4, 0.5) is 0 Å². The number of nitrogens with zero attached hydrogens (tertiary/aromatic N) is 1. The minimum atomic E-state index is 0.439. The van der Waals surface area contributed by atoms with Crippen LogP contribution >= 0.6 is 0 Å². The second-order valence-electron chi connectivity index (χ2n) is 8.58. The third-order valence-corrected chi connectivity index (χ3v) is 5.37. The van der Waals surface area contributed by atoms with Gasteiger partial charge in [0.25, 0.3) is 0 Å². The first-order chi connectivity index (χ1) is 9.91. The Hall–Kier alpha value is -0.120. The number of rotatable bonds is 6. The second kappa shape index (κ2) is 7.43. The average molecular weight is 296 g/mol. The molecule has 2 saturated heterocycles. The zero-order valence-corrected chi connectivity index (χ0v) is 14.7. The molecule has 21 heavy (non-hydrogen) atoms. The van der Waals surface area contributed by atoms with E-state index < -0.39 is 0 Å². The first-order valence-corrected chi connectivity index (χ1v) is 8.92. The van der Waals surface area contributed by atoms with Crippen molar-refractivity contribution in [1.29, 1.82) is 0 Å². The molecular weight excluding hydrogens is 260 g/mol. The lowest BCUT2D eigenvalue weighted by atomic mass is 9.77. The van der Waals surface area contributed by atoms with Gasteiger partial charge in [0.1, 0.15) is 0 Å². The monoisotopic (exact) mass is 296 g/mol. The van der Waals surface area contributed by atoms with Gasteiger partial charge in [-0.05, 0) is 62.1 Å². The molecule has 0 amide bonds. The molecule has 0 unspecified atom stereocenters. The van der Waals surface area contributed by atoms with E-state index in [9.17, 15) is 0 Å². The minimum Gasteiger partial charge on any atom is -0.381 e. The average Bonchev–Trinajstić information content (AvgIpc) is 2.42. The maximum atomic E-state index is 5.63. The third kappa shape index (κ3) is 5.54. The largest absolute Gasteiger partial charge is 0.381 e. The van der Waals surface area contributed by atoms with Crippen LogP contribution in [0, 0.1) is 16.7 Å². The van der Waals surface area contributed by atoms with Crippen molar-refractivity contribution in [2.75, 3.05) is 45.9 Å². The van der Waals surface area contributed by atoms with Gasteiger partial charge in [0.15, 0.2) is 0 Å².